The standard InChI is InChI=1S/C14H30N2/c1-11(2)13(9-15-12-7-8-12)16(6)10-14(3,4)5/h11-13,15H,7-10H2,1-6H3. The molecule has 1 rings (SSSR count). The SMILES string of the molecule is CC(C)C(CNC1CC1)N(C)CC(C)(C)C. The van der Waals surface area contributed by atoms with E-state index in [0.29, 0.717) is 11.5 Å². The first kappa shape index (κ1) is 14.0. The van der Waals surface area contributed by atoms with Crippen molar-refractivity contribution in [2.45, 2.75) is 59.5 Å². The average Bonchev–Trinajstić information content (AvgIpc) is 2.83. The van der Waals surface area contributed by atoms with Gasteiger partial charge in [-0.3, -0.25) is 0 Å². The number of hydrogen-bond acceptors (Lipinski definition) is 2. The van der Waals surface area contributed by atoms with Gasteiger partial charge in [0, 0.05) is 25.2 Å². The summed E-state index contributed by atoms with van der Waals surface area (Å²) in [5.41, 5.74) is 0.390. The maximum Gasteiger partial charge on any atom is 0.0240 e. The molecule has 1 unspecified atom stereocenters. The molecule has 0 heterocycles. The predicted molar refractivity (Wildman–Crippen MR) is 71.7 cm³/mol. The van der Waals surface area contributed by atoms with Crippen LogP contribution in [-0.2, 0) is 0 Å². The lowest BCUT2D eigenvalue weighted by molar-refractivity contribution is 0.137. The fourth-order valence-electron chi connectivity index (χ4n) is 2.34. The number of rotatable bonds is 6. The van der Waals surface area contributed by atoms with Crippen LogP contribution < -0.4 is 5.32 Å². The molecule has 16 heavy (non-hydrogen) atoms. The molecule has 0 aromatic carbocycles. The van der Waals surface area contributed by atoms with Crippen molar-refractivity contribution in [3.05, 3.63) is 0 Å². The van der Waals surface area contributed by atoms with Crippen LogP contribution in [0.4, 0.5) is 0 Å². The number of hydrogen-bond donors (Lipinski definition) is 1. The van der Waals surface area contributed by atoms with E-state index in [1.807, 2.05) is 0 Å². The van der Waals surface area contributed by atoms with E-state index in [9.17, 15) is 0 Å². The van der Waals surface area contributed by atoms with E-state index in [2.05, 4.69) is 51.9 Å². The van der Waals surface area contributed by atoms with Crippen molar-refractivity contribution in [3.63, 3.8) is 0 Å². The molecule has 0 aromatic heterocycles. The Bertz CT molecular complexity index is 201. The third kappa shape index (κ3) is 5.31. The second-order valence-electron chi connectivity index (χ2n) is 6.97. The highest BCUT2D eigenvalue weighted by Crippen LogP contribution is 2.21. The van der Waals surface area contributed by atoms with Crippen LogP contribution in [0.15, 0.2) is 0 Å². The van der Waals surface area contributed by atoms with Gasteiger partial charge in [-0.25, -0.2) is 0 Å². The first-order valence-electron chi connectivity index (χ1n) is 6.73. The Kier molecular flexibility index (Phi) is 4.81. The van der Waals surface area contributed by atoms with Crippen molar-refractivity contribution in [1.29, 1.82) is 0 Å². The molecule has 1 N–H and O–H groups in total. The van der Waals surface area contributed by atoms with Gasteiger partial charge in [0.25, 0.3) is 0 Å². The van der Waals surface area contributed by atoms with Gasteiger partial charge >= 0.3 is 0 Å². The van der Waals surface area contributed by atoms with Crippen LogP contribution in [0, 0.1) is 11.3 Å². The topological polar surface area (TPSA) is 15.3 Å². The fourth-order valence-corrected chi connectivity index (χ4v) is 2.34. The third-order valence-electron chi connectivity index (χ3n) is 3.25. The molecular weight excluding hydrogens is 196 g/mol. The maximum atomic E-state index is 3.66. The van der Waals surface area contributed by atoms with Crippen LogP contribution in [0.5, 0.6) is 0 Å². The molecular formula is C14H30N2. The molecule has 0 aliphatic heterocycles. The summed E-state index contributed by atoms with van der Waals surface area (Å²) in [6.07, 6.45) is 2.77. The molecule has 2 heteroatoms. The normalized spacial score (nSPS) is 19.5. The van der Waals surface area contributed by atoms with Crippen LogP contribution in [0.1, 0.15) is 47.5 Å². The summed E-state index contributed by atoms with van der Waals surface area (Å²) in [5, 5.41) is 3.66. The van der Waals surface area contributed by atoms with Gasteiger partial charge in [0.05, 0.1) is 0 Å². The van der Waals surface area contributed by atoms with Gasteiger partial charge in [-0.1, -0.05) is 34.6 Å². The number of nitrogens with zero attached hydrogens (tertiary/aromatic N) is 1. The van der Waals surface area contributed by atoms with Gasteiger partial charge in [-0.2, -0.15) is 0 Å². The lowest BCUT2D eigenvalue weighted by atomic mass is 9.93. The maximum absolute atomic E-state index is 3.66. The van der Waals surface area contributed by atoms with Crippen LogP contribution in [0.25, 0.3) is 0 Å². The monoisotopic (exact) mass is 226 g/mol. The molecule has 0 aromatic rings. The van der Waals surface area contributed by atoms with Crippen molar-refractivity contribution < 1.29 is 0 Å². The van der Waals surface area contributed by atoms with Crippen molar-refractivity contribution in [2.75, 3.05) is 20.1 Å². The van der Waals surface area contributed by atoms with E-state index < -0.39 is 0 Å². The molecule has 0 amide bonds. The third-order valence-corrected chi connectivity index (χ3v) is 3.25. The molecule has 1 aliphatic rings. The first-order chi connectivity index (χ1) is 7.29. The molecule has 96 valence electrons. The van der Waals surface area contributed by atoms with Gasteiger partial charge in [0.1, 0.15) is 0 Å². The van der Waals surface area contributed by atoms with Gasteiger partial charge < -0.3 is 10.2 Å². The zero-order valence-corrected chi connectivity index (χ0v) is 12.0. The summed E-state index contributed by atoms with van der Waals surface area (Å²) in [4.78, 5) is 2.53. The predicted octanol–water partition coefficient (Wildman–Crippen LogP) is 2.74. The molecule has 1 fully saturated rings. The lowest BCUT2D eigenvalue weighted by Crippen LogP contribution is -2.46. The first-order valence-corrected chi connectivity index (χ1v) is 6.73. The van der Waals surface area contributed by atoms with Crippen molar-refractivity contribution >= 4 is 0 Å². The highest BCUT2D eigenvalue weighted by molar-refractivity contribution is 4.85. The van der Waals surface area contributed by atoms with Gasteiger partial charge in [-0.15, -0.1) is 0 Å². The minimum absolute atomic E-state index is 0.390. The molecule has 0 bridgehead atoms. The number of likely N-dealkylation sites (N-methyl/N-ethyl adjacent to an activating group) is 1. The van der Waals surface area contributed by atoms with E-state index >= 15 is 0 Å². The van der Waals surface area contributed by atoms with Crippen LogP contribution in [0.2, 0.25) is 0 Å². The van der Waals surface area contributed by atoms with E-state index in [-0.39, 0.29) is 0 Å². The minimum atomic E-state index is 0.390. The van der Waals surface area contributed by atoms with Crippen LogP contribution in [0.3, 0.4) is 0 Å². The molecule has 0 spiro atoms. The Balaban J connectivity index is 2.40. The largest absolute Gasteiger partial charge is 0.312 e. The van der Waals surface area contributed by atoms with E-state index in [1.54, 1.807) is 0 Å². The zero-order valence-electron chi connectivity index (χ0n) is 12.0. The summed E-state index contributed by atoms with van der Waals surface area (Å²) in [7, 11) is 2.27. The Morgan fingerprint density at radius 3 is 2.19 bits per heavy atom. The van der Waals surface area contributed by atoms with Crippen molar-refractivity contribution in [3.8, 4) is 0 Å². The number of nitrogens with one attached hydrogen (secondary N) is 1. The van der Waals surface area contributed by atoms with E-state index in [1.165, 1.54) is 19.4 Å². The summed E-state index contributed by atoms with van der Waals surface area (Å²) < 4.78 is 0. The molecule has 1 atom stereocenters. The van der Waals surface area contributed by atoms with E-state index in [4.69, 9.17) is 0 Å². The summed E-state index contributed by atoms with van der Waals surface area (Å²) in [6.45, 7) is 13.9. The summed E-state index contributed by atoms with van der Waals surface area (Å²) in [5.74, 6) is 0.721. The van der Waals surface area contributed by atoms with Crippen molar-refractivity contribution in [1.82, 2.24) is 10.2 Å². The second kappa shape index (κ2) is 5.50. The van der Waals surface area contributed by atoms with Crippen molar-refractivity contribution in [2.24, 2.45) is 11.3 Å². The second-order valence-corrected chi connectivity index (χ2v) is 6.97. The van der Waals surface area contributed by atoms with Crippen LogP contribution >= 0.6 is 0 Å². The Morgan fingerprint density at radius 1 is 1.25 bits per heavy atom. The fraction of sp³-hybridized carbons (Fsp3) is 1.00. The molecule has 1 aliphatic carbocycles. The van der Waals surface area contributed by atoms with Gasteiger partial charge in [0.15, 0.2) is 0 Å². The highest BCUT2D eigenvalue weighted by Gasteiger charge is 2.26. The average molecular weight is 226 g/mol. The zero-order chi connectivity index (χ0) is 12.3. The Hall–Kier alpha value is -0.0800. The lowest BCUT2D eigenvalue weighted by Gasteiger charge is -2.36. The van der Waals surface area contributed by atoms with Gasteiger partial charge in [-0.05, 0) is 31.2 Å². The van der Waals surface area contributed by atoms with Crippen LogP contribution in [-0.4, -0.2) is 37.1 Å². The molecule has 1 saturated carbocycles. The smallest absolute Gasteiger partial charge is 0.0240 e. The molecule has 2 nitrogen and oxygen atoms in total. The van der Waals surface area contributed by atoms with Gasteiger partial charge in [0.2, 0.25) is 0 Å². The highest BCUT2D eigenvalue weighted by atomic mass is 15.2. The van der Waals surface area contributed by atoms with E-state index in [0.717, 1.165) is 18.5 Å². The summed E-state index contributed by atoms with van der Waals surface area (Å²) >= 11 is 0. The molecule has 0 radical (unpaired) electrons. The quantitative estimate of drug-likeness (QED) is 0.749. The minimum Gasteiger partial charge on any atom is -0.312 e. The summed E-state index contributed by atoms with van der Waals surface area (Å²) in [6, 6.07) is 1.49. The Labute approximate surface area is 102 Å². The Morgan fingerprint density at radius 2 is 1.81 bits per heavy atom. The molecule has 0 saturated heterocycles.